The van der Waals surface area contributed by atoms with Crippen LogP contribution < -0.4 is 10.2 Å². The molecule has 0 aliphatic carbocycles. The van der Waals surface area contributed by atoms with Crippen LogP contribution in [-0.2, 0) is 4.74 Å². The van der Waals surface area contributed by atoms with Gasteiger partial charge in [0.15, 0.2) is 0 Å². The normalized spacial score (nSPS) is 18.2. The second kappa shape index (κ2) is 5.75. The lowest BCUT2D eigenvalue weighted by atomic mass is 10.0. The van der Waals surface area contributed by atoms with Gasteiger partial charge in [-0.25, -0.2) is 4.98 Å². The Balaban J connectivity index is 1.98. The number of nitrogens with zero attached hydrogens (tertiary/aromatic N) is 2. The van der Waals surface area contributed by atoms with E-state index in [4.69, 9.17) is 4.74 Å². The van der Waals surface area contributed by atoms with Crippen LogP contribution in [-0.4, -0.2) is 48.0 Å². The fourth-order valence-electron chi connectivity index (χ4n) is 1.88. The van der Waals surface area contributed by atoms with Crippen LogP contribution in [0.25, 0.3) is 0 Å². The minimum atomic E-state index is -0.761. The Morgan fingerprint density at radius 2 is 2.05 bits per heavy atom. The van der Waals surface area contributed by atoms with E-state index in [-0.39, 0.29) is 6.04 Å². The van der Waals surface area contributed by atoms with E-state index < -0.39 is 5.60 Å². The molecule has 1 saturated heterocycles. The number of aliphatic hydroxyl groups is 1. The average Bonchev–Trinajstić information content (AvgIpc) is 2.39. The molecule has 19 heavy (non-hydrogen) atoms. The molecule has 5 heteroatoms. The van der Waals surface area contributed by atoms with Crippen molar-refractivity contribution in [1.82, 2.24) is 4.98 Å². The number of nitrogens with one attached hydrogen (secondary N) is 1. The third-order valence-corrected chi connectivity index (χ3v) is 3.53. The first-order chi connectivity index (χ1) is 8.97. The second-order valence-corrected chi connectivity index (χ2v) is 5.52. The van der Waals surface area contributed by atoms with Gasteiger partial charge < -0.3 is 20.1 Å². The summed E-state index contributed by atoms with van der Waals surface area (Å²) in [6, 6.07) is 3.97. The van der Waals surface area contributed by atoms with Crippen molar-refractivity contribution in [3.63, 3.8) is 0 Å². The zero-order valence-corrected chi connectivity index (χ0v) is 11.9. The summed E-state index contributed by atoms with van der Waals surface area (Å²) in [5.74, 6) is 0.977. The van der Waals surface area contributed by atoms with E-state index in [0.717, 1.165) is 37.8 Å². The number of hydrogen-bond donors (Lipinski definition) is 2. The van der Waals surface area contributed by atoms with Crippen molar-refractivity contribution in [2.45, 2.75) is 32.4 Å². The van der Waals surface area contributed by atoms with Crippen LogP contribution in [0.3, 0.4) is 0 Å². The standard InChI is InChI=1S/C14H23N3O2/c1-11(14(2,3)18)16-12-4-5-13(15-10-12)17-6-8-19-9-7-17/h4-5,10-11,16,18H,6-9H2,1-3H3. The van der Waals surface area contributed by atoms with E-state index in [0.29, 0.717) is 0 Å². The Kier molecular flexibility index (Phi) is 4.27. The predicted octanol–water partition coefficient (Wildman–Crippen LogP) is 1.49. The van der Waals surface area contributed by atoms with E-state index in [1.54, 1.807) is 13.8 Å². The molecule has 1 aliphatic rings. The van der Waals surface area contributed by atoms with Crippen LogP contribution in [0.5, 0.6) is 0 Å². The van der Waals surface area contributed by atoms with Gasteiger partial charge in [-0.05, 0) is 32.9 Å². The van der Waals surface area contributed by atoms with Gasteiger partial charge in [0, 0.05) is 13.1 Å². The molecule has 0 aromatic carbocycles. The molecule has 1 aromatic heterocycles. The van der Waals surface area contributed by atoms with Gasteiger partial charge in [-0.15, -0.1) is 0 Å². The minimum absolute atomic E-state index is 0.0384. The summed E-state index contributed by atoms with van der Waals surface area (Å²) in [6.45, 7) is 8.84. The average molecular weight is 265 g/mol. The molecule has 0 saturated carbocycles. The Morgan fingerprint density at radius 3 is 2.58 bits per heavy atom. The van der Waals surface area contributed by atoms with Crippen molar-refractivity contribution < 1.29 is 9.84 Å². The predicted molar refractivity (Wildman–Crippen MR) is 76.7 cm³/mol. The molecule has 2 N–H and O–H groups in total. The topological polar surface area (TPSA) is 57.6 Å². The molecular formula is C14H23N3O2. The summed E-state index contributed by atoms with van der Waals surface area (Å²) in [5.41, 5.74) is 0.162. The first kappa shape index (κ1) is 14.1. The zero-order chi connectivity index (χ0) is 13.9. The molecule has 0 bridgehead atoms. The molecule has 1 atom stereocenters. The maximum absolute atomic E-state index is 9.90. The largest absolute Gasteiger partial charge is 0.388 e. The molecule has 2 heterocycles. The summed E-state index contributed by atoms with van der Waals surface area (Å²) in [4.78, 5) is 6.68. The number of aromatic nitrogens is 1. The third-order valence-electron chi connectivity index (χ3n) is 3.53. The summed E-state index contributed by atoms with van der Waals surface area (Å²) >= 11 is 0. The second-order valence-electron chi connectivity index (χ2n) is 5.52. The molecule has 106 valence electrons. The first-order valence-electron chi connectivity index (χ1n) is 6.74. The Bertz CT molecular complexity index is 394. The van der Waals surface area contributed by atoms with Gasteiger partial charge in [0.1, 0.15) is 5.82 Å². The van der Waals surface area contributed by atoms with Crippen molar-refractivity contribution in [2.75, 3.05) is 36.5 Å². The van der Waals surface area contributed by atoms with Crippen molar-refractivity contribution in [3.05, 3.63) is 18.3 Å². The van der Waals surface area contributed by atoms with Crippen molar-refractivity contribution in [2.24, 2.45) is 0 Å². The van der Waals surface area contributed by atoms with Crippen LogP contribution in [0, 0.1) is 0 Å². The van der Waals surface area contributed by atoms with Gasteiger partial charge in [-0.1, -0.05) is 0 Å². The maximum Gasteiger partial charge on any atom is 0.128 e. The smallest absolute Gasteiger partial charge is 0.128 e. The molecular weight excluding hydrogens is 242 g/mol. The van der Waals surface area contributed by atoms with Crippen LogP contribution in [0.15, 0.2) is 18.3 Å². The SMILES string of the molecule is CC(Nc1ccc(N2CCOCC2)nc1)C(C)(C)O. The van der Waals surface area contributed by atoms with Crippen LogP contribution in [0.2, 0.25) is 0 Å². The van der Waals surface area contributed by atoms with Crippen molar-refractivity contribution in [1.29, 1.82) is 0 Å². The molecule has 1 aromatic rings. The number of rotatable bonds is 4. The Hall–Kier alpha value is -1.33. The minimum Gasteiger partial charge on any atom is -0.388 e. The summed E-state index contributed by atoms with van der Waals surface area (Å²) < 4.78 is 5.33. The van der Waals surface area contributed by atoms with Crippen LogP contribution >= 0.6 is 0 Å². The highest BCUT2D eigenvalue weighted by atomic mass is 16.5. The van der Waals surface area contributed by atoms with Crippen LogP contribution in [0.4, 0.5) is 11.5 Å². The monoisotopic (exact) mass is 265 g/mol. The first-order valence-corrected chi connectivity index (χ1v) is 6.74. The molecule has 0 amide bonds. The number of pyridine rings is 1. The Labute approximate surface area is 114 Å². The number of morpholine rings is 1. The van der Waals surface area contributed by atoms with E-state index in [1.165, 1.54) is 0 Å². The van der Waals surface area contributed by atoms with Gasteiger partial charge in [0.2, 0.25) is 0 Å². The number of anilines is 2. The fourth-order valence-corrected chi connectivity index (χ4v) is 1.88. The highest BCUT2D eigenvalue weighted by Crippen LogP contribution is 2.18. The zero-order valence-electron chi connectivity index (χ0n) is 11.9. The summed E-state index contributed by atoms with van der Waals surface area (Å²) in [5, 5.41) is 13.2. The summed E-state index contributed by atoms with van der Waals surface area (Å²) in [7, 11) is 0. The highest BCUT2D eigenvalue weighted by Gasteiger charge is 2.22. The molecule has 5 nitrogen and oxygen atoms in total. The lowest BCUT2D eigenvalue weighted by Gasteiger charge is -2.29. The van der Waals surface area contributed by atoms with Gasteiger partial charge >= 0.3 is 0 Å². The van der Waals surface area contributed by atoms with E-state index in [2.05, 4.69) is 15.2 Å². The van der Waals surface area contributed by atoms with E-state index in [1.807, 2.05) is 25.3 Å². The van der Waals surface area contributed by atoms with Gasteiger partial charge in [0.05, 0.1) is 36.7 Å². The van der Waals surface area contributed by atoms with E-state index >= 15 is 0 Å². The lowest BCUT2D eigenvalue weighted by Crippen LogP contribution is -2.39. The van der Waals surface area contributed by atoms with Gasteiger partial charge in [-0.3, -0.25) is 0 Å². The molecule has 0 spiro atoms. The third kappa shape index (κ3) is 3.81. The quantitative estimate of drug-likeness (QED) is 0.864. The lowest BCUT2D eigenvalue weighted by molar-refractivity contribution is 0.0649. The van der Waals surface area contributed by atoms with Crippen molar-refractivity contribution >= 4 is 11.5 Å². The van der Waals surface area contributed by atoms with Crippen LogP contribution in [0.1, 0.15) is 20.8 Å². The van der Waals surface area contributed by atoms with E-state index in [9.17, 15) is 5.11 Å². The Morgan fingerprint density at radius 1 is 1.37 bits per heavy atom. The maximum atomic E-state index is 9.90. The fraction of sp³-hybridized carbons (Fsp3) is 0.643. The highest BCUT2D eigenvalue weighted by molar-refractivity contribution is 5.49. The molecule has 1 aliphatic heterocycles. The number of ether oxygens (including phenoxy) is 1. The number of hydrogen-bond acceptors (Lipinski definition) is 5. The molecule has 2 rings (SSSR count). The molecule has 0 radical (unpaired) electrons. The van der Waals surface area contributed by atoms with Crippen molar-refractivity contribution in [3.8, 4) is 0 Å². The van der Waals surface area contributed by atoms with Gasteiger partial charge in [-0.2, -0.15) is 0 Å². The molecule has 1 fully saturated rings. The summed E-state index contributed by atoms with van der Waals surface area (Å²) in [6.07, 6.45) is 1.81. The van der Waals surface area contributed by atoms with Gasteiger partial charge in [0.25, 0.3) is 0 Å². The molecule has 1 unspecified atom stereocenters.